The Morgan fingerprint density at radius 1 is 1.12 bits per heavy atom. The smallest absolute Gasteiger partial charge is 0.338 e. The van der Waals surface area contributed by atoms with E-state index in [0.29, 0.717) is 49.0 Å². The van der Waals surface area contributed by atoms with Crippen molar-refractivity contribution in [3.63, 3.8) is 0 Å². The van der Waals surface area contributed by atoms with E-state index in [0.717, 1.165) is 0 Å². The number of carbonyl (C=O) groups excluding carboxylic acids is 1. The molecular weight excluding hydrogens is 547 g/mol. The zero-order chi connectivity index (χ0) is 28.5. The molecule has 2 aliphatic heterocycles. The summed E-state index contributed by atoms with van der Waals surface area (Å²) in [6.07, 6.45) is 1.72. The predicted molar refractivity (Wildman–Crippen MR) is 150 cm³/mol. The number of allylic oxidation sites excluding steroid dienone is 1. The summed E-state index contributed by atoms with van der Waals surface area (Å²) >= 11 is 1.21. The Hall–Kier alpha value is -4.70. The van der Waals surface area contributed by atoms with Crippen LogP contribution in [-0.2, 0) is 16.1 Å². The van der Waals surface area contributed by atoms with E-state index in [1.165, 1.54) is 22.0 Å². The second-order valence-corrected chi connectivity index (χ2v) is 10.3. The number of fused-ring (bicyclic) bond motifs is 2. The molecule has 4 aromatic rings. The van der Waals surface area contributed by atoms with Gasteiger partial charge in [0.1, 0.15) is 18.2 Å². The van der Waals surface area contributed by atoms with Gasteiger partial charge in [0.25, 0.3) is 5.56 Å². The van der Waals surface area contributed by atoms with Crippen LogP contribution in [0.15, 0.2) is 87.8 Å². The molecule has 1 aromatic heterocycles. The first-order valence-corrected chi connectivity index (χ1v) is 13.8. The Labute approximate surface area is 238 Å². The molecule has 8 nitrogen and oxygen atoms in total. The van der Waals surface area contributed by atoms with E-state index in [9.17, 15) is 14.0 Å². The molecule has 0 radical (unpaired) electrons. The molecule has 0 fully saturated rings. The van der Waals surface area contributed by atoms with E-state index in [1.54, 1.807) is 62.4 Å². The summed E-state index contributed by atoms with van der Waals surface area (Å²) in [5.41, 5.74) is 2.15. The third-order valence-electron chi connectivity index (χ3n) is 6.78. The Bertz CT molecular complexity index is 1880. The number of esters is 1. The van der Waals surface area contributed by atoms with Crippen molar-refractivity contribution in [3.05, 3.63) is 120 Å². The molecule has 0 saturated heterocycles. The molecule has 3 aromatic carbocycles. The number of para-hydroxylation sites is 1. The Kier molecular flexibility index (Phi) is 7.15. The van der Waals surface area contributed by atoms with Crippen LogP contribution in [0.2, 0.25) is 0 Å². The molecule has 0 spiro atoms. The highest BCUT2D eigenvalue weighted by atomic mass is 32.1. The molecule has 0 bridgehead atoms. The van der Waals surface area contributed by atoms with Crippen LogP contribution < -0.4 is 29.1 Å². The maximum absolute atomic E-state index is 14.1. The quantitative estimate of drug-likeness (QED) is 0.308. The minimum atomic E-state index is -0.783. The Morgan fingerprint density at radius 2 is 1.90 bits per heavy atom. The van der Waals surface area contributed by atoms with Crippen molar-refractivity contribution in [2.45, 2.75) is 26.5 Å². The summed E-state index contributed by atoms with van der Waals surface area (Å²) in [6.45, 7) is 3.77. The van der Waals surface area contributed by atoms with Crippen molar-refractivity contribution in [1.82, 2.24) is 4.57 Å². The molecule has 41 heavy (non-hydrogen) atoms. The van der Waals surface area contributed by atoms with Gasteiger partial charge in [-0.25, -0.2) is 14.2 Å². The van der Waals surface area contributed by atoms with Crippen molar-refractivity contribution in [3.8, 4) is 17.2 Å². The second kappa shape index (κ2) is 11.1. The van der Waals surface area contributed by atoms with Gasteiger partial charge in [-0.2, -0.15) is 0 Å². The van der Waals surface area contributed by atoms with Gasteiger partial charge in [-0.05, 0) is 49.8 Å². The summed E-state index contributed by atoms with van der Waals surface area (Å²) < 4.78 is 38.4. The van der Waals surface area contributed by atoms with Crippen LogP contribution in [-0.4, -0.2) is 23.9 Å². The topological polar surface area (TPSA) is 88.4 Å². The van der Waals surface area contributed by atoms with Crippen LogP contribution in [0.4, 0.5) is 4.39 Å². The average Bonchev–Trinajstić information content (AvgIpc) is 3.56. The number of hydrogen-bond acceptors (Lipinski definition) is 8. The van der Waals surface area contributed by atoms with Crippen LogP contribution in [0.25, 0.3) is 6.08 Å². The van der Waals surface area contributed by atoms with Gasteiger partial charge in [-0.3, -0.25) is 9.36 Å². The second-order valence-electron chi connectivity index (χ2n) is 9.33. The van der Waals surface area contributed by atoms with E-state index in [2.05, 4.69) is 4.99 Å². The number of benzene rings is 3. The molecule has 1 unspecified atom stereocenters. The number of thiazole rings is 1. The van der Waals surface area contributed by atoms with E-state index >= 15 is 0 Å². The number of halogens is 1. The Morgan fingerprint density at radius 3 is 2.73 bits per heavy atom. The van der Waals surface area contributed by atoms with E-state index in [4.69, 9.17) is 18.9 Å². The standard InChI is InChI=1S/C31H25FN2O6S/c1-3-37-30(36)27-18(2)33-31-34(28(27)20-12-13-24-25(14-20)40-17-39-24)29(35)26(41-31)15-19-8-5-7-11-23(19)38-16-21-9-4-6-10-22(21)32/h4-15,28H,3,16-17H2,1-2H3. The number of aromatic nitrogens is 1. The van der Waals surface area contributed by atoms with Crippen LogP contribution in [0.5, 0.6) is 17.2 Å². The molecule has 208 valence electrons. The molecule has 0 N–H and O–H groups in total. The average molecular weight is 573 g/mol. The normalized spacial score (nSPS) is 15.9. The highest BCUT2D eigenvalue weighted by molar-refractivity contribution is 7.07. The van der Waals surface area contributed by atoms with E-state index in [1.807, 2.05) is 18.2 Å². The van der Waals surface area contributed by atoms with Crippen LogP contribution in [0.1, 0.15) is 36.6 Å². The van der Waals surface area contributed by atoms with Gasteiger partial charge < -0.3 is 18.9 Å². The molecule has 10 heteroatoms. The van der Waals surface area contributed by atoms with Crippen molar-refractivity contribution < 1.29 is 28.1 Å². The van der Waals surface area contributed by atoms with Gasteiger partial charge in [-0.1, -0.05) is 53.8 Å². The highest BCUT2D eigenvalue weighted by Gasteiger charge is 2.34. The molecule has 0 aliphatic carbocycles. The number of rotatable bonds is 7. The molecule has 6 rings (SSSR count). The lowest BCUT2D eigenvalue weighted by Crippen LogP contribution is -2.39. The molecule has 0 amide bonds. The highest BCUT2D eigenvalue weighted by Crippen LogP contribution is 2.38. The number of nitrogens with zero attached hydrogens (tertiary/aromatic N) is 2. The lowest BCUT2D eigenvalue weighted by molar-refractivity contribution is -0.139. The third kappa shape index (κ3) is 5.02. The van der Waals surface area contributed by atoms with E-state index < -0.39 is 12.0 Å². The summed E-state index contributed by atoms with van der Waals surface area (Å²) in [4.78, 5) is 32.2. The summed E-state index contributed by atoms with van der Waals surface area (Å²) in [5.74, 6) is 0.722. The number of carbonyl (C=O) groups is 1. The first-order chi connectivity index (χ1) is 19.9. The molecular formula is C31H25FN2O6S. The monoisotopic (exact) mass is 572 g/mol. The molecule has 1 atom stereocenters. The van der Waals surface area contributed by atoms with Gasteiger partial charge in [0.2, 0.25) is 6.79 Å². The lowest BCUT2D eigenvalue weighted by atomic mass is 9.95. The van der Waals surface area contributed by atoms with Gasteiger partial charge in [-0.15, -0.1) is 0 Å². The fourth-order valence-corrected chi connectivity index (χ4v) is 5.87. The van der Waals surface area contributed by atoms with Crippen molar-refractivity contribution in [2.24, 2.45) is 4.99 Å². The molecule has 2 aliphatic rings. The van der Waals surface area contributed by atoms with Crippen LogP contribution >= 0.6 is 11.3 Å². The van der Waals surface area contributed by atoms with Crippen molar-refractivity contribution in [2.75, 3.05) is 13.4 Å². The zero-order valence-corrected chi connectivity index (χ0v) is 23.1. The minimum Gasteiger partial charge on any atom is -0.488 e. The van der Waals surface area contributed by atoms with Crippen LogP contribution in [0.3, 0.4) is 0 Å². The fourth-order valence-electron chi connectivity index (χ4n) is 4.83. The van der Waals surface area contributed by atoms with Crippen molar-refractivity contribution >= 4 is 23.4 Å². The van der Waals surface area contributed by atoms with Crippen molar-refractivity contribution in [1.29, 1.82) is 0 Å². The van der Waals surface area contributed by atoms with E-state index in [-0.39, 0.29) is 37.0 Å². The predicted octanol–water partition coefficient (Wildman–Crippen LogP) is 4.25. The molecule has 3 heterocycles. The maximum atomic E-state index is 14.1. The number of hydrogen-bond donors (Lipinski definition) is 0. The summed E-state index contributed by atoms with van der Waals surface area (Å²) in [7, 11) is 0. The molecule has 0 saturated carbocycles. The number of ether oxygens (including phenoxy) is 4. The SMILES string of the molecule is CCOC(=O)C1=C(C)N=c2sc(=Cc3ccccc3OCc3ccccc3F)c(=O)n2C1c1ccc2c(c1)OCO2. The largest absolute Gasteiger partial charge is 0.488 e. The summed E-state index contributed by atoms with van der Waals surface area (Å²) in [5, 5.41) is 0. The minimum absolute atomic E-state index is 0.0327. The lowest BCUT2D eigenvalue weighted by Gasteiger charge is -2.24. The Balaban J connectivity index is 1.45. The van der Waals surface area contributed by atoms with Crippen LogP contribution in [0, 0.1) is 5.82 Å². The fraction of sp³-hybridized carbons (Fsp3) is 0.194. The first kappa shape index (κ1) is 26.5. The van der Waals surface area contributed by atoms with Gasteiger partial charge in [0.05, 0.1) is 28.5 Å². The van der Waals surface area contributed by atoms with Gasteiger partial charge in [0, 0.05) is 11.1 Å². The summed E-state index contributed by atoms with van der Waals surface area (Å²) in [6, 6.07) is 18.2. The van der Waals surface area contributed by atoms with Gasteiger partial charge >= 0.3 is 5.97 Å². The van der Waals surface area contributed by atoms with Gasteiger partial charge in [0.15, 0.2) is 16.3 Å². The first-order valence-electron chi connectivity index (χ1n) is 13.0. The third-order valence-corrected chi connectivity index (χ3v) is 7.76. The maximum Gasteiger partial charge on any atom is 0.338 e. The zero-order valence-electron chi connectivity index (χ0n) is 22.3.